The van der Waals surface area contributed by atoms with E-state index in [4.69, 9.17) is 21.3 Å². The molecular formula is C22H26ClN7O2. The molecule has 168 valence electrons. The molecule has 0 radical (unpaired) electrons. The number of aromatic nitrogens is 5. The average Bonchev–Trinajstić information content (AvgIpc) is 3.28. The molecule has 0 aromatic carbocycles. The van der Waals surface area contributed by atoms with Crippen molar-refractivity contribution in [2.24, 2.45) is 5.41 Å². The molecule has 9 nitrogen and oxygen atoms in total. The predicted octanol–water partition coefficient (Wildman–Crippen LogP) is 3.74. The Bertz CT molecular complexity index is 1160. The van der Waals surface area contributed by atoms with E-state index in [0.29, 0.717) is 10.8 Å². The highest BCUT2D eigenvalue weighted by Crippen LogP contribution is 2.49. The molecule has 1 saturated heterocycles. The number of hydrogen-bond acceptors (Lipinski definition) is 7. The summed E-state index contributed by atoms with van der Waals surface area (Å²) in [6.45, 7) is 7.99. The Kier molecular flexibility index (Phi) is 4.96. The van der Waals surface area contributed by atoms with E-state index in [0.717, 1.165) is 49.5 Å². The summed E-state index contributed by atoms with van der Waals surface area (Å²) in [5.74, 6) is 0.823. The first-order valence-corrected chi connectivity index (χ1v) is 11.2. The maximum Gasteiger partial charge on any atom is 0.408 e. The van der Waals surface area contributed by atoms with Crippen LogP contribution in [0.25, 0.3) is 11.2 Å². The van der Waals surface area contributed by atoms with Crippen molar-refractivity contribution < 1.29 is 9.53 Å². The van der Waals surface area contributed by atoms with Gasteiger partial charge in [-0.15, -0.1) is 0 Å². The molecule has 0 aliphatic carbocycles. The maximum absolute atomic E-state index is 12.6. The van der Waals surface area contributed by atoms with Crippen molar-refractivity contribution in [3.8, 4) is 0 Å². The van der Waals surface area contributed by atoms with Crippen molar-refractivity contribution in [1.82, 2.24) is 30.0 Å². The molecule has 1 atom stereocenters. The van der Waals surface area contributed by atoms with Gasteiger partial charge in [-0.2, -0.15) is 5.10 Å². The molecule has 5 rings (SSSR count). The highest BCUT2D eigenvalue weighted by atomic mass is 35.5. The van der Waals surface area contributed by atoms with Gasteiger partial charge in [0, 0.05) is 31.2 Å². The predicted molar refractivity (Wildman–Crippen MR) is 121 cm³/mol. The van der Waals surface area contributed by atoms with Gasteiger partial charge < -0.3 is 15.0 Å². The van der Waals surface area contributed by atoms with Crippen LogP contribution in [0.2, 0.25) is 5.15 Å². The number of halogens is 1. The van der Waals surface area contributed by atoms with Crippen molar-refractivity contribution in [3.05, 3.63) is 41.4 Å². The smallest absolute Gasteiger partial charge is 0.408 e. The first-order valence-electron chi connectivity index (χ1n) is 10.8. The molecular weight excluding hydrogens is 430 g/mol. The molecule has 32 heavy (non-hydrogen) atoms. The zero-order valence-electron chi connectivity index (χ0n) is 18.4. The monoisotopic (exact) mass is 455 g/mol. The zero-order chi connectivity index (χ0) is 22.5. The molecule has 1 amide bonds. The molecule has 2 aliphatic rings. The van der Waals surface area contributed by atoms with Crippen molar-refractivity contribution in [2.45, 2.75) is 51.8 Å². The molecule has 5 heterocycles. The van der Waals surface area contributed by atoms with Gasteiger partial charge in [-0.05, 0) is 51.8 Å². The van der Waals surface area contributed by atoms with Gasteiger partial charge in [0.25, 0.3) is 0 Å². The number of pyridine rings is 1. The van der Waals surface area contributed by atoms with Crippen LogP contribution >= 0.6 is 11.6 Å². The van der Waals surface area contributed by atoms with Gasteiger partial charge in [0.2, 0.25) is 0 Å². The Hall–Kier alpha value is -2.94. The SMILES string of the molecule is CC(C)(C)OC(=O)N[C@@H]1c2ccnn2CC12CCN(c1cnc3nc(Cl)ccc3n1)CC2. The number of alkyl carbamates (subject to hydrolysis) is 1. The lowest BCUT2D eigenvalue weighted by molar-refractivity contribution is 0.0423. The van der Waals surface area contributed by atoms with Gasteiger partial charge in [-0.3, -0.25) is 4.68 Å². The summed E-state index contributed by atoms with van der Waals surface area (Å²) in [6.07, 6.45) is 4.90. The Morgan fingerprint density at radius 3 is 2.75 bits per heavy atom. The van der Waals surface area contributed by atoms with Crippen LogP contribution in [0.4, 0.5) is 10.6 Å². The number of piperidine rings is 1. The average molecular weight is 456 g/mol. The molecule has 0 bridgehead atoms. The van der Waals surface area contributed by atoms with E-state index in [-0.39, 0.29) is 11.5 Å². The lowest BCUT2D eigenvalue weighted by atomic mass is 9.73. The van der Waals surface area contributed by atoms with Gasteiger partial charge in [0.15, 0.2) is 5.65 Å². The molecule has 1 N–H and O–H groups in total. The van der Waals surface area contributed by atoms with Crippen LogP contribution in [-0.4, -0.2) is 49.5 Å². The van der Waals surface area contributed by atoms with Gasteiger partial charge in [-0.1, -0.05) is 11.6 Å². The van der Waals surface area contributed by atoms with Crippen LogP contribution in [0.5, 0.6) is 0 Å². The fraction of sp³-hybridized carbons (Fsp3) is 0.500. The van der Waals surface area contributed by atoms with Crippen LogP contribution in [0.3, 0.4) is 0 Å². The molecule has 2 aliphatic heterocycles. The Balaban J connectivity index is 1.34. The molecule has 1 fully saturated rings. The summed E-state index contributed by atoms with van der Waals surface area (Å²) in [5, 5.41) is 8.01. The van der Waals surface area contributed by atoms with Gasteiger partial charge >= 0.3 is 6.09 Å². The van der Waals surface area contributed by atoms with Crippen molar-refractivity contribution in [2.75, 3.05) is 18.0 Å². The quantitative estimate of drug-likeness (QED) is 0.587. The minimum atomic E-state index is -0.548. The first kappa shape index (κ1) is 20.9. The third-order valence-electron chi connectivity index (χ3n) is 6.22. The number of carbonyl (C=O) groups excluding carboxylic acids is 1. The fourth-order valence-electron chi connectivity index (χ4n) is 4.73. The van der Waals surface area contributed by atoms with Crippen LogP contribution in [0.15, 0.2) is 30.6 Å². The molecule has 10 heteroatoms. The number of nitrogens with zero attached hydrogens (tertiary/aromatic N) is 6. The van der Waals surface area contributed by atoms with E-state index in [2.05, 4.69) is 25.3 Å². The molecule has 1 spiro atoms. The number of ether oxygens (including phenoxy) is 1. The van der Waals surface area contributed by atoms with E-state index in [1.807, 2.05) is 37.6 Å². The van der Waals surface area contributed by atoms with Crippen molar-refractivity contribution >= 4 is 34.7 Å². The van der Waals surface area contributed by atoms with Crippen LogP contribution in [0.1, 0.15) is 45.3 Å². The van der Waals surface area contributed by atoms with E-state index < -0.39 is 11.7 Å². The third-order valence-corrected chi connectivity index (χ3v) is 6.43. The number of fused-ring (bicyclic) bond motifs is 2. The van der Waals surface area contributed by atoms with Gasteiger partial charge in [0.05, 0.1) is 17.9 Å². The highest BCUT2D eigenvalue weighted by molar-refractivity contribution is 6.29. The normalized spacial score (nSPS) is 19.9. The zero-order valence-corrected chi connectivity index (χ0v) is 19.1. The summed E-state index contributed by atoms with van der Waals surface area (Å²) in [5.41, 5.74) is 1.62. The Morgan fingerprint density at radius 1 is 1.22 bits per heavy atom. The minimum Gasteiger partial charge on any atom is -0.444 e. The Morgan fingerprint density at radius 2 is 2.00 bits per heavy atom. The fourth-order valence-corrected chi connectivity index (χ4v) is 4.87. The highest BCUT2D eigenvalue weighted by Gasteiger charge is 2.49. The number of carbonyl (C=O) groups is 1. The lowest BCUT2D eigenvalue weighted by Crippen LogP contribution is -2.48. The minimum absolute atomic E-state index is 0.115. The number of hydrogen-bond donors (Lipinski definition) is 1. The van der Waals surface area contributed by atoms with Crippen LogP contribution < -0.4 is 10.2 Å². The topological polar surface area (TPSA) is 98.1 Å². The van der Waals surface area contributed by atoms with E-state index >= 15 is 0 Å². The molecule has 0 saturated carbocycles. The van der Waals surface area contributed by atoms with E-state index in [1.54, 1.807) is 18.5 Å². The van der Waals surface area contributed by atoms with Gasteiger partial charge in [0.1, 0.15) is 22.1 Å². The summed E-state index contributed by atoms with van der Waals surface area (Å²) in [7, 11) is 0. The van der Waals surface area contributed by atoms with E-state index in [9.17, 15) is 4.79 Å². The largest absolute Gasteiger partial charge is 0.444 e. The maximum atomic E-state index is 12.6. The second-order valence-corrected chi connectivity index (χ2v) is 9.93. The van der Waals surface area contributed by atoms with Gasteiger partial charge in [-0.25, -0.2) is 19.7 Å². The molecule has 0 unspecified atom stereocenters. The number of nitrogens with one attached hydrogen (secondary N) is 1. The van der Waals surface area contributed by atoms with Crippen molar-refractivity contribution in [1.29, 1.82) is 0 Å². The Labute approximate surface area is 191 Å². The summed E-state index contributed by atoms with van der Waals surface area (Å²) >= 11 is 5.96. The van der Waals surface area contributed by atoms with Crippen LogP contribution in [0, 0.1) is 5.41 Å². The molecule has 3 aromatic heterocycles. The van der Waals surface area contributed by atoms with E-state index in [1.165, 1.54) is 0 Å². The second-order valence-electron chi connectivity index (χ2n) is 9.55. The number of amides is 1. The summed E-state index contributed by atoms with van der Waals surface area (Å²) in [4.78, 5) is 28.2. The number of anilines is 1. The number of rotatable bonds is 2. The lowest BCUT2D eigenvalue weighted by Gasteiger charge is -2.43. The standard InChI is InChI=1S/C22H26ClN7O2/c1-21(2,3)32-20(31)28-18-15-6-9-25-30(15)13-22(18)7-10-29(11-8-22)17-12-24-19-14(26-17)4-5-16(23)27-19/h4-6,9,12,18H,7-8,10-11,13H2,1-3H3,(H,28,31)/t18-/m1/s1. The summed E-state index contributed by atoms with van der Waals surface area (Å²) in [6, 6.07) is 5.40. The molecule has 3 aromatic rings. The second kappa shape index (κ2) is 7.58. The first-order chi connectivity index (χ1) is 15.2. The summed E-state index contributed by atoms with van der Waals surface area (Å²) < 4.78 is 7.54. The third kappa shape index (κ3) is 3.85. The van der Waals surface area contributed by atoms with Crippen LogP contribution in [-0.2, 0) is 11.3 Å². The van der Waals surface area contributed by atoms with Crippen molar-refractivity contribution in [3.63, 3.8) is 0 Å².